The number of piperazine rings is 1. The van der Waals surface area contributed by atoms with Crippen LogP contribution in [0, 0.1) is 12.8 Å². The minimum Gasteiger partial charge on any atom is -0.482 e. The molecule has 0 unspecified atom stereocenters. The van der Waals surface area contributed by atoms with E-state index in [0.717, 1.165) is 26.1 Å². The lowest BCUT2D eigenvalue weighted by Gasteiger charge is -2.38. The van der Waals surface area contributed by atoms with E-state index in [-0.39, 0.29) is 35.8 Å². The molecule has 0 aliphatic carbocycles. The summed E-state index contributed by atoms with van der Waals surface area (Å²) in [4.78, 5) is 29.1. The highest BCUT2D eigenvalue weighted by Crippen LogP contribution is 2.35. The predicted molar refractivity (Wildman–Crippen MR) is 120 cm³/mol. The summed E-state index contributed by atoms with van der Waals surface area (Å²) in [7, 11) is -3.79. The average Bonchev–Trinajstić information content (AvgIpc) is 2.79. The number of ether oxygens (including phenoxy) is 1. The molecule has 0 spiro atoms. The molecule has 1 N–H and O–H groups in total. The topological polar surface area (TPSA) is 99.3 Å². The molecule has 1 atom stereocenters. The number of anilines is 1. The van der Waals surface area contributed by atoms with Gasteiger partial charge in [0.2, 0.25) is 15.9 Å². The normalized spacial score (nSPS) is 22.8. The number of rotatable bonds is 5. The number of aryl methyl sites for hydroxylation is 1. The molecule has 3 aliphatic rings. The summed E-state index contributed by atoms with van der Waals surface area (Å²) in [6.07, 6.45) is 2.46. The van der Waals surface area contributed by atoms with E-state index in [1.807, 2.05) is 4.90 Å². The van der Waals surface area contributed by atoms with Crippen LogP contribution in [0.5, 0.6) is 5.75 Å². The summed E-state index contributed by atoms with van der Waals surface area (Å²) in [6, 6.07) is 3.11. The van der Waals surface area contributed by atoms with E-state index in [1.54, 1.807) is 13.0 Å². The van der Waals surface area contributed by atoms with E-state index < -0.39 is 10.0 Å². The standard InChI is InChI=1S/C22H32N4O5S/c1-3-6-24-8-10-25(11-9-24)22(28)17-5-4-7-26(14-17)32(29,30)20-13-19-18(12-16(20)2)23-21(27)15-31-19/h12-13,17H,3-11,14-15H2,1-2H3,(H,23,27)/t17-/m1/s1. The van der Waals surface area contributed by atoms with Gasteiger partial charge in [-0.1, -0.05) is 6.92 Å². The molecular formula is C22H32N4O5S. The summed E-state index contributed by atoms with van der Waals surface area (Å²) >= 11 is 0. The number of nitrogens with zero attached hydrogens (tertiary/aromatic N) is 3. The second-order valence-electron chi connectivity index (χ2n) is 8.82. The highest BCUT2D eigenvalue weighted by Gasteiger charge is 2.37. The molecule has 0 radical (unpaired) electrons. The van der Waals surface area contributed by atoms with E-state index in [2.05, 4.69) is 17.1 Å². The Morgan fingerprint density at radius 3 is 2.66 bits per heavy atom. The van der Waals surface area contributed by atoms with Gasteiger partial charge in [-0.25, -0.2) is 8.42 Å². The molecule has 32 heavy (non-hydrogen) atoms. The maximum absolute atomic E-state index is 13.5. The Kier molecular flexibility index (Phi) is 6.73. The molecule has 2 amide bonds. The third-order valence-corrected chi connectivity index (χ3v) is 8.49. The van der Waals surface area contributed by atoms with Crippen LogP contribution in [0.2, 0.25) is 0 Å². The zero-order valence-corrected chi connectivity index (χ0v) is 19.6. The molecule has 3 heterocycles. The minimum atomic E-state index is -3.79. The smallest absolute Gasteiger partial charge is 0.262 e. The van der Waals surface area contributed by atoms with Gasteiger partial charge in [-0.2, -0.15) is 4.31 Å². The van der Waals surface area contributed by atoms with Crippen LogP contribution in [0.15, 0.2) is 17.0 Å². The third kappa shape index (κ3) is 4.62. The predicted octanol–water partition coefficient (Wildman–Crippen LogP) is 1.28. The first-order valence-electron chi connectivity index (χ1n) is 11.4. The zero-order valence-electron chi connectivity index (χ0n) is 18.8. The van der Waals surface area contributed by atoms with Crippen molar-refractivity contribution in [1.29, 1.82) is 0 Å². The fourth-order valence-electron chi connectivity index (χ4n) is 4.76. The van der Waals surface area contributed by atoms with Gasteiger partial charge in [0.15, 0.2) is 6.61 Å². The fourth-order valence-corrected chi connectivity index (χ4v) is 6.51. The molecule has 4 rings (SSSR count). The van der Waals surface area contributed by atoms with Gasteiger partial charge in [-0.15, -0.1) is 0 Å². The Morgan fingerprint density at radius 2 is 1.94 bits per heavy atom. The van der Waals surface area contributed by atoms with E-state index in [0.29, 0.717) is 49.5 Å². The first kappa shape index (κ1) is 23.0. The van der Waals surface area contributed by atoms with Crippen LogP contribution in [-0.2, 0) is 19.6 Å². The van der Waals surface area contributed by atoms with Crippen LogP contribution in [0.4, 0.5) is 5.69 Å². The zero-order chi connectivity index (χ0) is 22.9. The Morgan fingerprint density at radius 1 is 1.19 bits per heavy atom. The summed E-state index contributed by atoms with van der Waals surface area (Å²) in [5, 5.41) is 2.70. The monoisotopic (exact) mass is 464 g/mol. The molecule has 2 saturated heterocycles. The van der Waals surface area contributed by atoms with E-state index in [9.17, 15) is 18.0 Å². The number of carbonyl (C=O) groups is 2. The van der Waals surface area contributed by atoms with Crippen molar-refractivity contribution >= 4 is 27.5 Å². The number of piperidine rings is 1. The van der Waals surface area contributed by atoms with Gasteiger partial charge in [-0.05, 0) is 44.4 Å². The summed E-state index contributed by atoms with van der Waals surface area (Å²) in [5.74, 6) is -0.164. The summed E-state index contributed by atoms with van der Waals surface area (Å²) < 4.78 is 33.8. The van der Waals surface area contributed by atoms with Crippen molar-refractivity contribution in [2.75, 3.05) is 57.7 Å². The van der Waals surface area contributed by atoms with Crippen molar-refractivity contribution in [2.24, 2.45) is 5.92 Å². The number of nitrogens with one attached hydrogen (secondary N) is 1. The Bertz CT molecular complexity index is 988. The Balaban J connectivity index is 1.47. The number of carbonyl (C=O) groups excluding carboxylic acids is 2. The number of benzene rings is 1. The lowest BCUT2D eigenvalue weighted by molar-refractivity contribution is -0.138. The third-order valence-electron chi connectivity index (χ3n) is 6.48. The number of amides is 2. The van der Waals surface area contributed by atoms with Gasteiger partial charge in [0, 0.05) is 45.3 Å². The minimum absolute atomic E-state index is 0.0641. The highest BCUT2D eigenvalue weighted by molar-refractivity contribution is 7.89. The van der Waals surface area contributed by atoms with Gasteiger partial charge >= 0.3 is 0 Å². The van der Waals surface area contributed by atoms with Gasteiger partial charge in [0.1, 0.15) is 5.75 Å². The number of fused-ring (bicyclic) bond motifs is 1. The SMILES string of the molecule is CCCN1CCN(C(=O)[C@@H]2CCCN(S(=O)(=O)c3cc4c(cc3C)NC(=O)CO4)C2)CC1. The lowest BCUT2D eigenvalue weighted by atomic mass is 9.98. The quantitative estimate of drug-likeness (QED) is 0.705. The van der Waals surface area contributed by atoms with Crippen molar-refractivity contribution in [3.8, 4) is 5.75 Å². The number of hydrogen-bond donors (Lipinski definition) is 1. The Hall–Kier alpha value is -2.17. The molecule has 1 aromatic carbocycles. The Labute approximate surface area is 189 Å². The van der Waals surface area contributed by atoms with Gasteiger partial charge in [-0.3, -0.25) is 14.5 Å². The van der Waals surface area contributed by atoms with Crippen LogP contribution in [0.3, 0.4) is 0 Å². The number of sulfonamides is 1. The van der Waals surface area contributed by atoms with Crippen LogP contribution < -0.4 is 10.1 Å². The molecule has 2 fully saturated rings. The van der Waals surface area contributed by atoms with Crippen LogP contribution in [-0.4, -0.2) is 86.8 Å². The fraction of sp³-hybridized carbons (Fsp3) is 0.636. The molecule has 176 valence electrons. The molecule has 0 saturated carbocycles. The van der Waals surface area contributed by atoms with Crippen molar-refractivity contribution in [1.82, 2.24) is 14.1 Å². The van der Waals surface area contributed by atoms with Crippen molar-refractivity contribution in [3.05, 3.63) is 17.7 Å². The van der Waals surface area contributed by atoms with Crippen LogP contribution in [0.25, 0.3) is 0 Å². The summed E-state index contributed by atoms with van der Waals surface area (Å²) in [6.45, 7) is 8.51. The second kappa shape index (κ2) is 9.36. The maximum atomic E-state index is 13.5. The molecule has 10 heteroatoms. The van der Waals surface area contributed by atoms with Gasteiger partial charge in [0.05, 0.1) is 16.5 Å². The largest absolute Gasteiger partial charge is 0.482 e. The van der Waals surface area contributed by atoms with Crippen LogP contribution in [0.1, 0.15) is 31.7 Å². The second-order valence-corrected chi connectivity index (χ2v) is 10.7. The first-order valence-corrected chi connectivity index (χ1v) is 12.8. The molecule has 1 aromatic rings. The van der Waals surface area contributed by atoms with Crippen LogP contribution >= 0.6 is 0 Å². The van der Waals surface area contributed by atoms with Gasteiger partial charge in [0.25, 0.3) is 5.91 Å². The van der Waals surface area contributed by atoms with Crippen molar-refractivity contribution in [3.63, 3.8) is 0 Å². The van der Waals surface area contributed by atoms with Crippen molar-refractivity contribution < 1.29 is 22.7 Å². The van der Waals surface area contributed by atoms with E-state index in [4.69, 9.17) is 4.74 Å². The first-order chi connectivity index (χ1) is 15.3. The molecule has 3 aliphatic heterocycles. The molecular weight excluding hydrogens is 432 g/mol. The maximum Gasteiger partial charge on any atom is 0.262 e. The molecule has 0 aromatic heterocycles. The van der Waals surface area contributed by atoms with E-state index in [1.165, 1.54) is 10.4 Å². The highest BCUT2D eigenvalue weighted by atomic mass is 32.2. The molecule has 9 nitrogen and oxygen atoms in total. The van der Waals surface area contributed by atoms with Crippen molar-refractivity contribution in [2.45, 2.75) is 38.0 Å². The average molecular weight is 465 g/mol. The van der Waals surface area contributed by atoms with E-state index >= 15 is 0 Å². The molecule has 0 bridgehead atoms. The number of hydrogen-bond acceptors (Lipinski definition) is 6. The van der Waals surface area contributed by atoms with Gasteiger partial charge < -0.3 is 15.0 Å². The summed E-state index contributed by atoms with van der Waals surface area (Å²) in [5.41, 5.74) is 1.02. The lowest BCUT2D eigenvalue weighted by Crippen LogP contribution is -2.53.